The molecular formula is C18H29N3O2S. The normalized spacial score (nSPS) is 22.5. The van der Waals surface area contributed by atoms with E-state index in [4.69, 9.17) is 0 Å². The van der Waals surface area contributed by atoms with Crippen LogP contribution in [-0.4, -0.2) is 45.7 Å². The van der Waals surface area contributed by atoms with Crippen molar-refractivity contribution >= 4 is 15.8 Å². The van der Waals surface area contributed by atoms with Crippen LogP contribution in [0.5, 0.6) is 0 Å². The quantitative estimate of drug-likeness (QED) is 0.668. The fraction of sp³-hybridized carbons (Fsp3) is 0.611. The van der Waals surface area contributed by atoms with E-state index in [1.54, 1.807) is 0 Å². The molecule has 24 heavy (non-hydrogen) atoms. The number of likely N-dealkylation sites (tertiary alicyclic amines) is 1. The van der Waals surface area contributed by atoms with E-state index in [9.17, 15) is 8.42 Å². The second kappa shape index (κ2) is 8.01. The molecule has 5 nitrogen and oxygen atoms in total. The van der Waals surface area contributed by atoms with Crippen molar-refractivity contribution in [1.82, 2.24) is 10.2 Å². The van der Waals surface area contributed by atoms with E-state index in [1.165, 1.54) is 12.7 Å². The number of piperidine rings is 1. The molecule has 0 spiro atoms. The molecule has 0 radical (unpaired) electrons. The minimum absolute atomic E-state index is 0.0892. The van der Waals surface area contributed by atoms with Gasteiger partial charge < -0.3 is 10.2 Å². The molecule has 6 heteroatoms. The zero-order chi connectivity index (χ0) is 17.7. The first-order chi connectivity index (χ1) is 11.3. The molecular weight excluding hydrogens is 322 g/mol. The maximum absolute atomic E-state index is 11.3. The van der Waals surface area contributed by atoms with Crippen molar-refractivity contribution < 1.29 is 8.42 Å². The molecule has 1 aliphatic rings. The van der Waals surface area contributed by atoms with Gasteiger partial charge in [0.15, 0.2) is 15.8 Å². The van der Waals surface area contributed by atoms with Gasteiger partial charge in [-0.1, -0.05) is 38.1 Å². The Hall–Kier alpha value is -1.56. The molecule has 2 rings (SSSR count). The second-order valence-corrected chi connectivity index (χ2v) is 9.28. The number of nitrogens with zero attached hydrogens (tertiary/aromatic N) is 2. The monoisotopic (exact) mass is 351 g/mol. The summed E-state index contributed by atoms with van der Waals surface area (Å²) in [6.07, 6.45) is 2.53. The Labute approximate surface area is 146 Å². The third-order valence-electron chi connectivity index (χ3n) is 4.28. The molecule has 0 saturated carbocycles. The molecule has 2 atom stereocenters. The Morgan fingerprint density at radius 1 is 1.17 bits per heavy atom. The van der Waals surface area contributed by atoms with Crippen LogP contribution in [0.15, 0.2) is 29.3 Å². The highest BCUT2D eigenvalue weighted by atomic mass is 32.2. The number of rotatable bonds is 4. The van der Waals surface area contributed by atoms with Crippen molar-refractivity contribution in [3.63, 3.8) is 0 Å². The van der Waals surface area contributed by atoms with E-state index >= 15 is 0 Å². The van der Waals surface area contributed by atoms with Crippen LogP contribution in [0.25, 0.3) is 0 Å². The predicted molar refractivity (Wildman–Crippen MR) is 99.7 cm³/mol. The van der Waals surface area contributed by atoms with Crippen LogP contribution in [0.1, 0.15) is 31.4 Å². The number of aliphatic imine (C=N–C) groups is 1. The molecule has 1 N–H and O–H groups in total. The summed E-state index contributed by atoms with van der Waals surface area (Å²) in [6.45, 7) is 7.34. The van der Waals surface area contributed by atoms with Crippen LogP contribution < -0.4 is 5.32 Å². The van der Waals surface area contributed by atoms with Gasteiger partial charge in [0.1, 0.15) is 0 Å². The number of guanidine groups is 1. The molecule has 1 aromatic rings. The van der Waals surface area contributed by atoms with Gasteiger partial charge in [0.2, 0.25) is 0 Å². The topological polar surface area (TPSA) is 61.8 Å². The van der Waals surface area contributed by atoms with Gasteiger partial charge in [0, 0.05) is 32.9 Å². The molecule has 2 unspecified atom stereocenters. The fourth-order valence-electron chi connectivity index (χ4n) is 3.41. The van der Waals surface area contributed by atoms with Gasteiger partial charge in [0.25, 0.3) is 0 Å². The molecule has 0 aromatic heterocycles. The number of nitrogens with one attached hydrogen (secondary N) is 1. The molecule has 1 aromatic carbocycles. The highest BCUT2D eigenvalue weighted by molar-refractivity contribution is 7.89. The van der Waals surface area contributed by atoms with Gasteiger partial charge >= 0.3 is 0 Å². The van der Waals surface area contributed by atoms with Crippen LogP contribution in [0.2, 0.25) is 0 Å². The van der Waals surface area contributed by atoms with E-state index in [1.807, 2.05) is 31.3 Å². The van der Waals surface area contributed by atoms with E-state index < -0.39 is 9.84 Å². The first kappa shape index (κ1) is 18.8. The summed E-state index contributed by atoms with van der Waals surface area (Å²) in [6, 6.07) is 7.71. The Kier molecular flexibility index (Phi) is 6.27. The zero-order valence-corrected chi connectivity index (χ0v) is 15.9. The third kappa shape index (κ3) is 5.82. The maximum atomic E-state index is 11.3. The lowest BCUT2D eigenvalue weighted by molar-refractivity contribution is 0.208. The number of benzene rings is 1. The van der Waals surface area contributed by atoms with Gasteiger partial charge in [0.05, 0.1) is 5.75 Å². The Morgan fingerprint density at radius 2 is 1.71 bits per heavy atom. The average Bonchev–Trinajstić information content (AvgIpc) is 2.47. The summed E-state index contributed by atoms with van der Waals surface area (Å²) in [4.78, 5) is 6.74. The average molecular weight is 352 g/mol. The van der Waals surface area contributed by atoms with Crippen LogP contribution in [0, 0.1) is 11.8 Å². The minimum Gasteiger partial charge on any atom is -0.352 e. The van der Waals surface area contributed by atoms with E-state index in [2.05, 4.69) is 29.1 Å². The summed E-state index contributed by atoms with van der Waals surface area (Å²) in [5.41, 5.74) is 1.94. The van der Waals surface area contributed by atoms with Gasteiger partial charge in [-0.15, -0.1) is 0 Å². The molecule has 134 valence electrons. The van der Waals surface area contributed by atoms with Crippen LogP contribution in [-0.2, 0) is 22.1 Å². The van der Waals surface area contributed by atoms with E-state index in [0.717, 1.165) is 30.2 Å². The highest BCUT2D eigenvalue weighted by Gasteiger charge is 2.23. The van der Waals surface area contributed by atoms with Gasteiger partial charge in [-0.25, -0.2) is 8.42 Å². The van der Waals surface area contributed by atoms with E-state index in [-0.39, 0.29) is 5.75 Å². The van der Waals surface area contributed by atoms with Crippen molar-refractivity contribution in [2.24, 2.45) is 16.8 Å². The third-order valence-corrected chi connectivity index (χ3v) is 5.14. The number of hydrogen-bond acceptors (Lipinski definition) is 3. The lowest BCUT2D eigenvalue weighted by atomic mass is 9.92. The summed E-state index contributed by atoms with van der Waals surface area (Å²) in [5, 5.41) is 3.42. The molecule has 1 heterocycles. The number of hydrogen-bond donors (Lipinski definition) is 1. The fourth-order valence-corrected chi connectivity index (χ4v) is 4.20. The van der Waals surface area contributed by atoms with Gasteiger partial charge in [-0.3, -0.25) is 4.99 Å². The first-order valence-electron chi connectivity index (χ1n) is 8.48. The summed E-state index contributed by atoms with van der Waals surface area (Å²) in [7, 11) is -1.17. The smallest absolute Gasteiger partial charge is 0.193 e. The number of sulfone groups is 1. The van der Waals surface area contributed by atoms with Crippen molar-refractivity contribution in [2.75, 3.05) is 26.4 Å². The molecule has 1 saturated heterocycles. The van der Waals surface area contributed by atoms with E-state index in [0.29, 0.717) is 18.4 Å². The van der Waals surface area contributed by atoms with Crippen molar-refractivity contribution in [3.8, 4) is 0 Å². The molecule has 1 aliphatic heterocycles. The molecule has 0 bridgehead atoms. The summed E-state index contributed by atoms with van der Waals surface area (Å²) >= 11 is 0. The van der Waals surface area contributed by atoms with Crippen LogP contribution >= 0.6 is 0 Å². The standard InChI is InChI=1S/C18H29N3O2S/c1-14-9-15(2)12-21(11-14)18(19-3)20-10-16-5-7-17(8-6-16)13-24(4,22)23/h5-8,14-15H,9-13H2,1-4H3,(H,19,20). The maximum Gasteiger partial charge on any atom is 0.193 e. The predicted octanol–water partition coefficient (Wildman–Crippen LogP) is 2.28. The largest absolute Gasteiger partial charge is 0.352 e. The van der Waals surface area contributed by atoms with Gasteiger partial charge in [-0.05, 0) is 29.4 Å². The molecule has 0 amide bonds. The highest BCUT2D eigenvalue weighted by Crippen LogP contribution is 2.21. The van der Waals surface area contributed by atoms with Crippen LogP contribution in [0.3, 0.4) is 0 Å². The Morgan fingerprint density at radius 3 is 2.21 bits per heavy atom. The molecule has 0 aliphatic carbocycles. The molecule has 1 fully saturated rings. The zero-order valence-electron chi connectivity index (χ0n) is 15.1. The SMILES string of the molecule is CN=C(NCc1ccc(CS(C)(=O)=O)cc1)N1CC(C)CC(C)C1. The van der Waals surface area contributed by atoms with Crippen molar-refractivity contribution in [2.45, 2.75) is 32.6 Å². The lowest BCUT2D eigenvalue weighted by Crippen LogP contribution is -2.48. The van der Waals surface area contributed by atoms with Crippen molar-refractivity contribution in [1.29, 1.82) is 0 Å². The second-order valence-electron chi connectivity index (χ2n) is 7.14. The summed E-state index contributed by atoms with van der Waals surface area (Å²) < 4.78 is 22.7. The first-order valence-corrected chi connectivity index (χ1v) is 10.5. The Balaban J connectivity index is 1.93. The van der Waals surface area contributed by atoms with Crippen molar-refractivity contribution in [3.05, 3.63) is 35.4 Å². The van der Waals surface area contributed by atoms with Gasteiger partial charge in [-0.2, -0.15) is 0 Å². The minimum atomic E-state index is -2.99. The summed E-state index contributed by atoms with van der Waals surface area (Å²) in [5.74, 6) is 2.39. The lowest BCUT2D eigenvalue weighted by Gasteiger charge is -2.37. The Bertz CT molecular complexity index is 658. The van der Waals surface area contributed by atoms with Crippen LogP contribution in [0.4, 0.5) is 0 Å².